The number of morpholine rings is 1. The van der Waals surface area contributed by atoms with E-state index in [0.717, 1.165) is 48.9 Å². The zero-order valence-corrected chi connectivity index (χ0v) is 18.2. The third kappa shape index (κ3) is 6.00. The van der Waals surface area contributed by atoms with Gasteiger partial charge in [0, 0.05) is 30.2 Å². The van der Waals surface area contributed by atoms with E-state index in [1.165, 1.54) is 23.5 Å². The number of nitrogens with one attached hydrogen (secondary N) is 1. The molecule has 166 valence electrons. The topological polar surface area (TPSA) is 67.9 Å². The number of benzene rings is 2. The molecular weight excluding hydrogens is 431 g/mol. The van der Waals surface area contributed by atoms with Gasteiger partial charge in [0.1, 0.15) is 10.7 Å². The zero-order valence-electron chi connectivity index (χ0n) is 17.4. The van der Waals surface area contributed by atoms with Crippen LogP contribution in [0.25, 0.3) is 10.4 Å². The summed E-state index contributed by atoms with van der Waals surface area (Å²) in [4.78, 5) is 28.0. The van der Waals surface area contributed by atoms with Gasteiger partial charge in [-0.2, -0.15) is 0 Å². The molecule has 2 heterocycles. The van der Waals surface area contributed by atoms with E-state index in [4.69, 9.17) is 9.47 Å². The van der Waals surface area contributed by atoms with Gasteiger partial charge in [-0.3, -0.25) is 9.69 Å². The summed E-state index contributed by atoms with van der Waals surface area (Å²) in [6.07, 6.45) is 0. The summed E-state index contributed by atoms with van der Waals surface area (Å²) >= 11 is 1.23. The van der Waals surface area contributed by atoms with Crippen molar-refractivity contribution >= 4 is 28.9 Å². The minimum Gasteiger partial charge on any atom is -0.451 e. The maximum Gasteiger partial charge on any atom is 0.348 e. The number of nitrogens with zero attached hydrogens (tertiary/aromatic N) is 1. The summed E-state index contributed by atoms with van der Waals surface area (Å²) < 4.78 is 23.6. The maximum absolute atomic E-state index is 13.1. The van der Waals surface area contributed by atoms with Crippen LogP contribution in [0, 0.1) is 5.82 Å². The van der Waals surface area contributed by atoms with Gasteiger partial charge in [0.2, 0.25) is 0 Å². The quantitative estimate of drug-likeness (QED) is 0.543. The molecule has 1 fully saturated rings. The number of carbonyl (C=O) groups excluding carboxylic acids is 2. The standard InChI is InChI=1S/C24H23FN2O4S/c25-19-5-3-18(4-6-19)21-9-10-22(32-21)24(29)31-16-23(28)26-20-7-1-17(2-8-20)15-27-11-13-30-14-12-27/h1-10H,11-16H2,(H,26,28). The third-order valence-corrected chi connectivity index (χ3v) is 6.13. The number of esters is 1. The summed E-state index contributed by atoms with van der Waals surface area (Å²) in [5.41, 5.74) is 2.61. The van der Waals surface area contributed by atoms with Crippen molar-refractivity contribution in [2.24, 2.45) is 0 Å². The number of thiophene rings is 1. The predicted octanol–water partition coefficient (Wildman–Crippen LogP) is 4.18. The molecule has 0 unspecified atom stereocenters. The normalized spacial score (nSPS) is 14.2. The number of hydrogen-bond donors (Lipinski definition) is 1. The van der Waals surface area contributed by atoms with Gasteiger partial charge >= 0.3 is 5.97 Å². The van der Waals surface area contributed by atoms with Crippen molar-refractivity contribution < 1.29 is 23.5 Å². The summed E-state index contributed by atoms with van der Waals surface area (Å²) in [5.74, 6) is -1.29. The number of halogens is 1. The van der Waals surface area contributed by atoms with Gasteiger partial charge in [-0.05, 0) is 47.5 Å². The van der Waals surface area contributed by atoms with Crippen molar-refractivity contribution in [2.75, 3.05) is 38.2 Å². The first kappa shape index (κ1) is 22.1. The Morgan fingerprint density at radius 2 is 1.72 bits per heavy atom. The second-order valence-electron chi connectivity index (χ2n) is 7.38. The molecule has 0 aliphatic carbocycles. The first-order valence-corrected chi connectivity index (χ1v) is 11.1. The smallest absolute Gasteiger partial charge is 0.348 e. The van der Waals surface area contributed by atoms with Gasteiger partial charge in [0.25, 0.3) is 5.91 Å². The maximum atomic E-state index is 13.1. The number of ether oxygens (including phenoxy) is 2. The SMILES string of the molecule is O=C(COC(=O)c1ccc(-c2ccc(F)cc2)s1)Nc1ccc(CN2CCOCC2)cc1. The van der Waals surface area contributed by atoms with E-state index in [1.807, 2.05) is 24.3 Å². The highest BCUT2D eigenvalue weighted by atomic mass is 32.1. The van der Waals surface area contributed by atoms with Crippen LogP contribution in [0.4, 0.5) is 10.1 Å². The molecule has 2 aromatic carbocycles. The van der Waals surface area contributed by atoms with Gasteiger partial charge in [-0.15, -0.1) is 11.3 Å². The lowest BCUT2D eigenvalue weighted by Gasteiger charge is -2.26. The average Bonchev–Trinajstić information content (AvgIpc) is 3.30. The molecule has 0 spiro atoms. The predicted molar refractivity (Wildman–Crippen MR) is 121 cm³/mol. The summed E-state index contributed by atoms with van der Waals surface area (Å²) in [6, 6.07) is 17.1. The molecule has 32 heavy (non-hydrogen) atoms. The van der Waals surface area contributed by atoms with Gasteiger partial charge in [0.05, 0.1) is 13.2 Å². The molecule has 8 heteroatoms. The summed E-state index contributed by atoms with van der Waals surface area (Å²) in [7, 11) is 0. The van der Waals surface area contributed by atoms with Gasteiger partial charge < -0.3 is 14.8 Å². The van der Waals surface area contributed by atoms with Crippen LogP contribution in [0.2, 0.25) is 0 Å². The molecule has 6 nitrogen and oxygen atoms in total. The van der Waals surface area contributed by atoms with E-state index < -0.39 is 11.9 Å². The number of rotatable bonds is 7. The van der Waals surface area contributed by atoms with Gasteiger partial charge in [-0.1, -0.05) is 24.3 Å². The first-order chi connectivity index (χ1) is 15.6. The Kier molecular flexibility index (Phi) is 7.26. The number of anilines is 1. The van der Waals surface area contributed by atoms with E-state index in [2.05, 4.69) is 10.2 Å². The second-order valence-corrected chi connectivity index (χ2v) is 8.46. The molecule has 1 saturated heterocycles. The van der Waals surface area contributed by atoms with E-state index >= 15 is 0 Å². The lowest BCUT2D eigenvalue weighted by molar-refractivity contribution is -0.119. The minimum absolute atomic E-state index is 0.317. The van der Waals surface area contributed by atoms with Gasteiger partial charge in [-0.25, -0.2) is 9.18 Å². The van der Waals surface area contributed by atoms with Crippen molar-refractivity contribution in [1.29, 1.82) is 0 Å². The molecule has 1 N–H and O–H groups in total. The molecule has 0 saturated carbocycles. The Labute approximate surface area is 189 Å². The van der Waals surface area contributed by atoms with Crippen molar-refractivity contribution in [3.8, 4) is 10.4 Å². The van der Waals surface area contributed by atoms with Crippen molar-refractivity contribution in [3.63, 3.8) is 0 Å². The largest absolute Gasteiger partial charge is 0.451 e. The average molecular weight is 455 g/mol. The molecule has 1 aliphatic heterocycles. The molecule has 3 aromatic rings. The van der Waals surface area contributed by atoms with Crippen LogP contribution in [0.3, 0.4) is 0 Å². The molecule has 1 aliphatic rings. The monoisotopic (exact) mass is 454 g/mol. The van der Waals surface area contributed by atoms with Crippen molar-refractivity contribution in [3.05, 3.63) is 76.9 Å². The second kappa shape index (κ2) is 10.5. The molecule has 0 atom stereocenters. The molecule has 1 aromatic heterocycles. The number of hydrogen-bond acceptors (Lipinski definition) is 6. The summed E-state index contributed by atoms with van der Waals surface area (Å²) in [6.45, 7) is 3.81. The van der Waals surface area contributed by atoms with Crippen LogP contribution in [0.15, 0.2) is 60.7 Å². The highest BCUT2D eigenvalue weighted by Gasteiger charge is 2.14. The van der Waals surface area contributed by atoms with Crippen LogP contribution >= 0.6 is 11.3 Å². The van der Waals surface area contributed by atoms with Crippen LogP contribution in [-0.2, 0) is 20.8 Å². The summed E-state index contributed by atoms with van der Waals surface area (Å²) in [5, 5.41) is 2.73. The van der Waals surface area contributed by atoms with E-state index in [0.29, 0.717) is 10.6 Å². The molecule has 4 rings (SSSR count). The first-order valence-electron chi connectivity index (χ1n) is 10.3. The molecular formula is C24H23FN2O4S. The van der Waals surface area contributed by atoms with Crippen LogP contribution < -0.4 is 5.32 Å². The fourth-order valence-electron chi connectivity index (χ4n) is 3.33. The number of carbonyl (C=O) groups is 2. The highest BCUT2D eigenvalue weighted by molar-refractivity contribution is 7.17. The van der Waals surface area contributed by atoms with E-state index in [1.54, 1.807) is 24.3 Å². The van der Waals surface area contributed by atoms with Crippen molar-refractivity contribution in [2.45, 2.75) is 6.54 Å². The van der Waals surface area contributed by atoms with E-state index in [-0.39, 0.29) is 12.4 Å². The van der Waals surface area contributed by atoms with E-state index in [9.17, 15) is 14.0 Å². The Morgan fingerprint density at radius 3 is 2.44 bits per heavy atom. The molecule has 1 amide bonds. The van der Waals surface area contributed by atoms with Gasteiger partial charge in [0.15, 0.2) is 6.61 Å². The zero-order chi connectivity index (χ0) is 22.3. The lowest BCUT2D eigenvalue weighted by atomic mass is 10.2. The highest BCUT2D eigenvalue weighted by Crippen LogP contribution is 2.28. The fraction of sp³-hybridized carbons (Fsp3) is 0.250. The number of amides is 1. The van der Waals surface area contributed by atoms with Crippen molar-refractivity contribution in [1.82, 2.24) is 4.90 Å². The molecule has 0 radical (unpaired) electrons. The Morgan fingerprint density at radius 1 is 1.00 bits per heavy atom. The fourth-order valence-corrected chi connectivity index (χ4v) is 4.23. The van der Waals surface area contributed by atoms with Crippen LogP contribution in [0.5, 0.6) is 0 Å². The Balaban J connectivity index is 1.24. The van der Waals surface area contributed by atoms with Crippen LogP contribution in [-0.4, -0.2) is 49.7 Å². The Bertz CT molecular complexity index is 1060. The third-order valence-electron chi connectivity index (χ3n) is 5.02. The minimum atomic E-state index is -0.570. The molecule has 0 bridgehead atoms. The van der Waals surface area contributed by atoms with Crippen LogP contribution in [0.1, 0.15) is 15.2 Å². The lowest BCUT2D eigenvalue weighted by Crippen LogP contribution is -2.35. The Hall–Kier alpha value is -3.07.